The molecule has 6 aromatic rings. The summed E-state index contributed by atoms with van der Waals surface area (Å²) in [5, 5.41) is 17.5. The third kappa shape index (κ3) is 5.06. The topological polar surface area (TPSA) is 52.3 Å². The molecule has 0 aliphatic rings. The molecule has 0 N–H and O–H groups in total. The molecule has 4 aromatic carbocycles. The van der Waals surface area contributed by atoms with E-state index in [1.165, 1.54) is 28.0 Å². The Hall–Kier alpha value is -4.55. The van der Waals surface area contributed by atoms with E-state index in [1.54, 1.807) is 22.7 Å². The van der Waals surface area contributed by atoms with Gasteiger partial charge in [0.1, 0.15) is 0 Å². The van der Waals surface area contributed by atoms with Gasteiger partial charge in [-0.05, 0) is 0 Å². The fourth-order valence-corrected chi connectivity index (χ4v) is 9.73. The number of rotatable bonds is 7. The first kappa shape index (κ1) is 25.7. The van der Waals surface area contributed by atoms with Crippen molar-refractivity contribution in [3.05, 3.63) is 133 Å². The fraction of sp³-hybridized carbons (Fsp3) is 0.0645. The molecule has 0 bridgehead atoms. The van der Waals surface area contributed by atoms with Crippen LogP contribution in [0.25, 0.3) is 16.9 Å². The molecule has 6 rings (SSSR count). The fourth-order valence-electron chi connectivity index (χ4n) is 5.14. The van der Waals surface area contributed by atoms with Crippen molar-refractivity contribution < 1.29 is 17.9 Å². The molecule has 0 unspecified atom stereocenters. The van der Waals surface area contributed by atoms with E-state index in [0.29, 0.717) is 28.9 Å². The van der Waals surface area contributed by atoms with Crippen LogP contribution in [0.1, 0.15) is 5.82 Å². The minimum atomic E-state index is -4.75. The summed E-state index contributed by atoms with van der Waals surface area (Å²) in [5.74, 6) is 0.420. The summed E-state index contributed by atoms with van der Waals surface area (Å²) < 4.78 is 43.6. The maximum absolute atomic E-state index is 12.6. The number of ether oxygens (including phenoxy) is 1. The Balaban J connectivity index is 1.47. The predicted octanol–water partition coefficient (Wildman–Crippen LogP) is 5.92. The molecule has 2 aromatic heterocycles. The van der Waals surface area contributed by atoms with Gasteiger partial charge in [0.25, 0.3) is 0 Å². The van der Waals surface area contributed by atoms with E-state index in [1.807, 2.05) is 24.3 Å². The van der Waals surface area contributed by atoms with E-state index in [9.17, 15) is 13.2 Å². The molecular weight excluding hydrogens is 532 g/mol. The number of alkyl halides is 3. The van der Waals surface area contributed by atoms with Crippen LogP contribution in [0, 0.1) is 0 Å². The molecule has 0 fully saturated rings. The molecule has 5 nitrogen and oxygen atoms in total. The summed E-state index contributed by atoms with van der Waals surface area (Å²) in [7, 11) is -2.66. The van der Waals surface area contributed by atoms with Crippen LogP contribution in [0.4, 0.5) is 13.2 Å². The van der Waals surface area contributed by atoms with Crippen molar-refractivity contribution in [3.63, 3.8) is 0 Å². The van der Waals surface area contributed by atoms with Crippen molar-refractivity contribution in [3.8, 4) is 17.0 Å². The summed E-state index contributed by atoms with van der Waals surface area (Å²) in [6.07, 6.45) is -4.15. The molecule has 9 heteroatoms. The summed E-state index contributed by atoms with van der Waals surface area (Å²) in [6, 6.07) is 40.8. The van der Waals surface area contributed by atoms with Gasteiger partial charge in [0.2, 0.25) is 0 Å². The summed E-state index contributed by atoms with van der Waals surface area (Å²) in [6.45, 7) is 0. The molecule has 40 heavy (non-hydrogen) atoms. The maximum atomic E-state index is 12.6. The van der Waals surface area contributed by atoms with Crippen molar-refractivity contribution in [2.24, 2.45) is 0 Å². The van der Waals surface area contributed by atoms with E-state index < -0.39 is 13.6 Å². The molecule has 0 saturated carbocycles. The van der Waals surface area contributed by atoms with Crippen molar-refractivity contribution in [1.29, 1.82) is 0 Å². The molecule has 2 heterocycles. The van der Waals surface area contributed by atoms with Gasteiger partial charge in [-0.3, -0.25) is 0 Å². The van der Waals surface area contributed by atoms with Gasteiger partial charge in [0, 0.05) is 0 Å². The summed E-state index contributed by atoms with van der Waals surface area (Å²) in [5.41, 5.74) is 1.82. The van der Waals surface area contributed by atoms with Gasteiger partial charge in [0.05, 0.1) is 0 Å². The number of hydrogen-bond acceptors (Lipinski definition) is 4. The Morgan fingerprint density at radius 1 is 0.625 bits per heavy atom. The number of halogens is 3. The second-order valence-electron chi connectivity index (χ2n) is 9.36. The van der Waals surface area contributed by atoms with E-state index in [4.69, 9.17) is 5.10 Å². The van der Waals surface area contributed by atoms with Crippen molar-refractivity contribution in [1.82, 2.24) is 19.8 Å². The molecule has 0 aliphatic heterocycles. The number of aromatic nitrogens is 4. The van der Waals surface area contributed by atoms with Gasteiger partial charge in [-0.15, -0.1) is 0 Å². The Morgan fingerprint density at radius 2 is 1.15 bits per heavy atom. The zero-order valence-electron chi connectivity index (χ0n) is 21.2. The van der Waals surface area contributed by atoms with Crippen LogP contribution in [0.5, 0.6) is 5.75 Å². The number of benzene rings is 4. The standard InChI is InChI=1S/C31H24F3N4OP/c32-31(33,34)39-24-18-16-23(17-19-24)28-20-21-29-35-36-30(38(29)37-28)22-40(25-10-4-1-5-11-25,26-12-6-2-7-13-26)27-14-8-3-9-15-27/h1-21,40H,22H2. The Kier molecular flexibility index (Phi) is 6.78. The van der Waals surface area contributed by atoms with Gasteiger partial charge in [-0.2, -0.15) is 0 Å². The number of nitrogens with zero attached hydrogens (tertiary/aromatic N) is 4. The third-order valence-electron chi connectivity index (χ3n) is 6.93. The van der Waals surface area contributed by atoms with Gasteiger partial charge in [-0.1, -0.05) is 0 Å². The third-order valence-corrected chi connectivity index (χ3v) is 11.7. The van der Waals surface area contributed by atoms with Crippen LogP contribution in [0.15, 0.2) is 127 Å². The van der Waals surface area contributed by atoms with Gasteiger partial charge in [-0.25, -0.2) is 0 Å². The molecular formula is C31H24F3N4OP. The van der Waals surface area contributed by atoms with Gasteiger partial charge in [0.15, 0.2) is 0 Å². The SMILES string of the molecule is FC(F)(F)Oc1ccc(-c2ccc3nnc(C[PH](c4ccccc4)(c4ccccc4)c4ccccc4)n3n2)cc1. The van der Waals surface area contributed by atoms with E-state index in [2.05, 4.69) is 87.7 Å². The number of fused-ring (bicyclic) bond motifs is 1. The van der Waals surface area contributed by atoms with Crippen LogP contribution >= 0.6 is 7.26 Å². The van der Waals surface area contributed by atoms with E-state index >= 15 is 0 Å². The summed E-state index contributed by atoms with van der Waals surface area (Å²) >= 11 is 0. The van der Waals surface area contributed by atoms with Crippen molar-refractivity contribution >= 4 is 28.8 Å². The molecule has 0 amide bonds. The molecule has 0 radical (unpaired) electrons. The second kappa shape index (κ2) is 10.5. The van der Waals surface area contributed by atoms with Crippen LogP contribution in [0.2, 0.25) is 0 Å². The van der Waals surface area contributed by atoms with Crippen LogP contribution in [-0.2, 0) is 6.16 Å². The molecule has 0 atom stereocenters. The number of hydrogen-bond donors (Lipinski definition) is 0. The van der Waals surface area contributed by atoms with Crippen molar-refractivity contribution in [2.75, 3.05) is 0 Å². The predicted molar refractivity (Wildman–Crippen MR) is 153 cm³/mol. The second-order valence-corrected chi connectivity index (χ2v) is 13.3. The zero-order chi connectivity index (χ0) is 27.6. The molecule has 0 saturated heterocycles. The molecule has 0 spiro atoms. The Labute approximate surface area is 229 Å². The van der Waals surface area contributed by atoms with E-state index in [0.717, 1.165) is 0 Å². The minimum absolute atomic E-state index is 0.285. The van der Waals surface area contributed by atoms with Crippen LogP contribution < -0.4 is 20.7 Å². The average Bonchev–Trinajstić information content (AvgIpc) is 3.38. The van der Waals surface area contributed by atoms with Gasteiger partial charge < -0.3 is 0 Å². The monoisotopic (exact) mass is 556 g/mol. The first-order chi connectivity index (χ1) is 19.4. The zero-order valence-corrected chi connectivity index (χ0v) is 22.2. The van der Waals surface area contributed by atoms with Crippen LogP contribution in [0.3, 0.4) is 0 Å². The molecule has 200 valence electrons. The quantitative estimate of drug-likeness (QED) is 0.229. The van der Waals surface area contributed by atoms with Crippen molar-refractivity contribution in [2.45, 2.75) is 12.5 Å². The average molecular weight is 557 g/mol. The Morgan fingerprint density at radius 3 is 1.65 bits per heavy atom. The first-order valence-corrected chi connectivity index (χ1v) is 14.9. The normalized spacial score (nSPS) is 12.4. The molecule has 0 aliphatic carbocycles. The Bertz CT molecular complexity index is 1630. The summed E-state index contributed by atoms with van der Waals surface area (Å²) in [4.78, 5) is 0. The first-order valence-electron chi connectivity index (χ1n) is 12.7. The van der Waals surface area contributed by atoms with E-state index in [-0.39, 0.29) is 5.75 Å². The van der Waals surface area contributed by atoms with Crippen LogP contribution in [-0.4, -0.2) is 26.2 Å². The van der Waals surface area contributed by atoms with Gasteiger partial charge >= 0.3 is 229 Å².